The predicted octanol–water partition coefficient (Wildman–Crippen LogP) is 3.42. The molecule has 0 aliphatic carbocycles. The minimum atomic E-state index is -4.58. The smallest absolute Gasteiger partial charge is 0.364 e. The average Bonchev–Trinajstić information content (AvgIpc) is 3.27. The van der Waals surface area contributed by atoms with Crippen LogP contribution in [0.5, 0.6) is 0 Å². The van der Waals surface area contributed by atoms with Crippen LogP contribution in [-0.4, -0.2) is 43.6 Å². The highest BCUT2D eigenvalue weighted by Crippen LogP contribution is 2.31. The number of aryl methyl sites for hydroxylation is 2. The molecule has 0 saturated carbocycles. The zero-order chi connectivity index (χ0) is 27.1. The van der Waals surface area contributed by atoms with Gasteiger partial charge in [0.2, 0.25) is 0 Å². The highest BCUT2D eigenvalue weighted by Gasteiger charge is 2.33. The Morgan fingerprint density at radius 3 is 2.49 bits per heavy atom. The largest absolute Gasteiger partial charge is 0.433 e. The van der Waals surface area contributed by atoms with E-state index in [4.69, 9.17) is 11.0 Å². The summed E-state index contributed by atoms with van der Waals surface area (Å²) >= 11 is 0. The second kappa shape index (κ2) is 9.30. The highest BCUT2D eigenvalue weighted by atomic mass is 19.4. The zero-order valence-corrected chi connectivity index (χ0v) is 19.8. The van der Waals surface area contributed by atoms with E-state index in [0.717, 1.165) is 10.7 Å². The summed E-state index contributed by atoms with van der Waals surface area (Å²) in [5.41, 5.74) is 6.52. The number of aromatic nitrogens is 5. The summed E-state index contributed by atoms with van der Waals surface area (Å²) in [4.78, 5) is 38.2. The molecule has 4 rings (SSSR count). The van der Waals surface area contributed by atoms with Crippen LogP contribution in [0.4, 0.5) is 18.9 Å². The van der Waals surface area contributed by atoms with Crippen molar-refractivity contribution in [2.24, 2.45) is 5.73 Å². The van der Waals surface area contributed by atoms with Crippen molar-refractivity contribution in [2.45, 2.75) is 26.6 Å². The number of nitrogens with zero attached hydrogens (tertiary/aromatic N) is 7. The number of amides is 2. The number of hydrogen-bond acceptors (Lipinski definition) is 7. The van der Waals surface area contributed by atoms with Crippen LogP contribution >= 0.6 is 0 Å². The van der Waals surface area contributed by atoms with Crippen molar-refractivity contribution in [1.82, 2.24) is 24.7 Å². The Balaban J connectivity index is 1.67. The Hall–Kier alpha value is -4.86. The van der Waals surface area contributed by atoms with Gasteiger partial charge in [0, 0.05) is 24.4 Å². The van der Waals surface area contributed by atoms with E-state index in [0.29, 0.717) is 27.9 Å². The third-order valence-corrected chi connectivity index (χ3v) is 5.62. The summed E-state index contributed by atoms with van der Waals surface area (Å²) in [5, 5.41) is 12.9. The van der Waals surface area contributed by atoms with Gasteiger partial charge in [-0.25, -0.2) is 19.6 Å². The molecule has 188 valence electrons. The Labute approximate surface area is 208 Å². The molecule has 0 bridgehead atoms. The van der Waals surface area contributed by atoms with Gasteiger partial charge in [-0.1, -0.05) is 0 Å². The number of nitrogens with two attached hydrogens (primary N) is 1. The van der Waals surface area contributed by atoms with Crippen LogP contribution < -0.4 is 10.6 Å². The first-order valence-electron chi connectivity index (χ1n) is 10.8. The lowest BCUT2D eigenvalue weighted by Crippen LogP contribution is -2.29. The fourth-order valence-corrected chi connectivity index (χ4v) is 3.82. The minimum absolute atomic E-state index is 0.0143. The van der Waals surface area contributed by atoms with Gasteiger partial charge in [-0.05, 0) is 49.2 Å². The highest BCUT2D eigenvalue weighted by molar-refractivity contribution is 6.06. The molecule has 2 N–H and O–H groups in total. The molecule has 37 heavy (non-hydrogen) atoms. The third kappa shape index (κ3) is 4.81. The molecule has 0 radical (unpaired) electrons. The van der Waals surface area contributed by atoms with Crippen molar-refractivity contribution in [3.63, 3.8) is 0 Å². The van der Waals surface area contributed by atoms with Crippen molar-refractivity contribution in [3.05, 3.63) is 64.7 Å². The van der Waals surface area contributed by atoms with Crippen molar-refractivity contribution in [1.29, 1.82) is 5.26 Å². The number of primary amides is 1. The fraction of sp³-hybridized carbons (Fsp3) is 0.208. The van der Waals surface area contributed by atoms with Crippen molar-refractivity contribution in [3.8, 4) is 17.5 Å². The van der Waals surface area contributed by atoms with Crippen LogP contribution in [0, 0.1) is 25.2 Å². The first-order chi connectivity index (χ1) is 17.4. The zero-order valence-electron chi connectivity index (χ0n) is 19.8. The van der Waals surface area contributed by atoms with Gasteiger partial charge in [-0.3, -0.25) is 9.59 Å². The maximum atomic E-state index is 13.2. The molecule has 2 amide bonds. The van der Waals surface area contributed by atoms with Gasteiger partial charge >= 0.3 is 6.18 Å². The molecule has 3 aromatic heterocycles. The predicted molar refractivity (Wildman–Crippen MR) is 126 cm³/mol. The van der Waals surface area contributed by atoms with Crippen LogP contribution in [0.15, 0.2) is 36.5 Å². The van der Waals surface area contributed by atoms with E-state index in [1.165, 1.54) is 31.1 Å². The van der Waals surface area contributed by atoms with Crippen molar-refractivity contribution in [2.75, 3.05) is 11.9 Å². The number of alkyl halides is 3. The molecular formula is C24H19F3N8O2. The molecule has 0 unspecified atom stereocenters. The number of rotatable bonds is 5. The van der Waals surface area contributed by atoms with E-state index in [1.54, 1.807) is 25.1 Å². The number of hydrogen-bond donors (Lipinski definition) is 1. The normalized spacial score (nSPS) is 11.4. The van der Waals surface area contributed by atoms with Crippen LogP contribution in [0.1, 0.15) is 37.8 Å². The first-order valence-corrected chi connectivity index (χ1v) is 10.8. The van der Waals surface area contributed by atoms with E-state index in [9.17, 15) is 22.8 Å². The molecule has 0 aliphatic rings. The number of fused-ring (bicyclic) bond motifs is 1. The topological polar surface area (TPSA) is 144 Å². The standard InChI is InChI=1S/C24H19F3N8O2/c1-12-8-14(22-30-11-16-20(32-22)13(2)9-19(31-16)24(25,26)27)4-5-17(12)34(3)23(37)18-10-15(21(29)36)33-35(18)7-6-28/h4-5,8-11H,7H2,1-3H3,(H2,29,36). The number of pyridine rings is 1. The Kier molecular flexibility index (Phi) is 6.35. The molecule has 4 aromatic rings. The maximum absolute atomic E-state index is 13.2. The third-order valence-electron chi connectivity index (χ3n) is 5.62. The molecule has 0 saturated heterocycles. The monoisotopic (exact) mass is 508 g/mol. The average molecular weight is 508 g/mol. The van der Waals surface area contributed by atoms with Crippen LogP contribution in [0.2, 0.25) is 0 Å². The maximum Gasteiger partial charge on any atom is 0.433 e. The molecule has 1 aromatic carbocycles. The summed E-state index contributed by atoms with van der Waals surface area (Å²) in [6, 6.07) is 9.10. The van der Waals surface area contributed by atoms with Crippen LogP contribution in [0.25, 0.3) is 22.4 Å². The van der Waals surface area contributed by atoms with Gasteiger partial charge in [0.25, 0.3) is 11.8 Å². The van der Waals surface area contributed by atoms with Gasteiger partial charge in [0.05, 0.1) is 17.8 Å². The summed E-state index contributed by atoms with van der Waals surface area (Å²) in [5.74, 6) is -1.07. The molecular weight excluding hydrogens is 489 g/mol. The van der Waals surface area contributed by atoms with Crippen LogP contribution in [-0.2, 0) is 12.7 Å². The quantitative estimate of drug-likeness (QED) is 0.435. The van der Waals surface area contributed by atoms with Gasteiger partial charge < -0.3 is 10.6 Å². The van der Waals surface area contributed by atoms with Crippen molar-refractivity contribution < 1.29 is 22.8 Å². The van der Waals surface area contributed by atoms with Gasteiger partial charge in [-0.15, -0.1) is 0 Å². The van der Waals surface area contributed by atoms with Gasteiger partial charge in [0.1, 0.15) is 23.4 Å². The summed E-state index contributed by atoms with van der Waals surface area (Å²) in [6.45, 7) is 3.03. The van der Waals surface area contributed by atoms with Crippen molar-refractivity contribution >= 4 is 28.5 Å². The second-order valence-electron chi connectivity index (χ2n) is 8.21. The Morgan fingerprint density at radius 2 is 1.86 bits per heavy atom. The summed E-state index contributed by atoms with van der Waals surface area (Å²) in [7, 11) is 1.53. The SMILES string of the molecule is Cc1cc(-c2ncc3nc(C(F)(F)F)cc(C)c3n2)ccc1N(C)C(=O)c1cc(C(N)=O)nn1CC#N. The van der Waals surface area contributed by atoms with E-state index >= 15 is 0 Å². The van der Waals surface area contributed by atoms with E-state index in [2.05, 4.69) is 20.1 Å². The molecule has 0 fully saturated rings. The molecule has 3 heterocycles. The fourth-order valence-electron chi connectivity index (χ4n) is 3.82. The lowest BCUT2D eigenvalue weighted by atomic mass is 10.1. The number of carbonyl (C=O) groups is 2. The van der Waals surface area contributed by atoms with E-state index < -0.39 is 23.7 Å². The van der Waals surface area contributed by atoms with Gasteiger partial charge in [-0.2, -0.15) is 23.5 Å². The molecule has 0 spiro atoms. The molecule has 10 nitrogen and oxygen atoms in total. The summed E-state index contributed by atoms with van der Waals surface area (Å²) in [6.07, 6.45) is -3.34. The first kappa shape index (κ1) is 25.2. The van der Waals surface area contributed by atoms with Gasteiger partial charge in [0.15, 0.2) is 11.5 Å². The number of nitriles is 1. The van der Waals surface area contributed by atoms with E-state index in [1.807, 2.05) is 6.07 Å². The molecule has 13 heteroatoms. The lowest BCUT2D eigenvalue weighted by molar-refractivity contribution is -0.141. The lowest BCUT2D eigenvalue weighted by Gasteiger charge is -2.20. The minimum Gasteiger partial charge on any atom is -0.364 e. The molecule has 0 atom stereocenters. The van der Waals surface area contributed by atoms with E-state index in [-0.39, 0.29) is 29.3 Å². The second-order valence-corrected chi connectivity index (χ2v) is 8.21. The van der Waals surface area contributed by atoms with Crippen LogP contribution in [0.3, 0.4) is 0 Å². The Morgan fingerprint density at radius 1 is 1.14 bits per heavy atom. The number of anilines is 1. The molecule has 0 aliphatic heterocycles. The number of carbonyl (C=O) groups excluding carboxylic acids is 2. The Bertz CT molecular complexity index is 1600. The number of halogens is 3. The number of benzene rings is 1. The summed E-state index contributed by atoms with van der Waals surface area (Å²) < 4.78 is 40.3.